The topological polar surface area (TPSA) is 73.9 Å². The molecule has 30 heavy (non-hydrogen) atoms. The number of rotatable bonds is 8. The van der Waals surface area contributed by atoms with Gasteiger partial charge in [-0.05, 0) is 50.4 Å². The molecule has 0 saturated carbocycles. The Morgan fingerprint density at radius 2 is 1.60 bits per heavy atom. The molecule has 6 heteroatoms. The van der Waals surface area contributed by atoms with Gasteiger partial charge in [0.25, 0.3) is 5.91 Å². The first kappa shape index (κ1) is 21.2. The van der Waals surface area contributed by atoms with E-state index < -0.39 is 18.0 Å². The van der Waals surface area contributed by atoms with Crippen molar-refractivity contribution in [1.82, 2.24) is 0 Å². The lowest BCUT2D eigenvalue weighted by Gasteiger charge is -2.16. The van der Waals surface area contributed by atoms with Crippen molar-refractivity contribution in [2.45, 2.75) is 26.9 Å². The predicted octanol–water partition coefficient (Wildman–Crippen LogP) is 4.82. The highest BCUT2D eigenvalue weighted by Crippen LogP contribution is 2.29. The highest BCUT2D eigenvalue weighted by atomic mass is 16.5. The van der Waals surface area contributed by atoms with Crippen LogP contribution in [0, 0.1) is 0 Å². The minimum atomic E-state index is -0.974. The van der Waals surface area contributed by atoms with Gasteiger partial charge in [-0.2, -0.15) is 0 Å². The zero-order valence-corrected chi connectivity index (χ0v) is 17.3. The Labute approximate surface area is 175 Å². The molecule has 0 unspecified atom stereocenters. The summed E-state index contributed by atoms with van der Waals surface area (Å²) < 4.78 is 16.4. The van der Waals surface area contributed by atoms with Crippen molar-refractivity contribution >= 4 is 28.3 Å². The van der Waals surface area contributed by atoms with Crippen molar-refractivity contribution < 1.29 is 23.8 Å². The van der Waals surface area contributed by atoms with Gasteiger partial charge in [0.2, 0.25) is 0 Å². The van der Waals surface area contributed by atoms with Gasteiger partial charge in [-0.1, -0.05) is 36.4 Å². The van der Waals surface area contributed by atoms with Gasteiger partial charge in [-0.15, -0.1) is 0 Å². The van der Waals surface area contributed by atoms with Crippen LogP contribution in [-0.4, -0.2) is 31.2 Å². The summed E-state index contributed by atoms with van der Waals surface area (Å²) in [5.74, 6) is -0.00505. The molecule has 0 radical (unpaired) electrons. The number of benzene rings is 3. The van der Waals surface area contributed by atoms with E-state index in [0.717, 1.165) is 10.8 Å². The molecule has 0 fully saturated rings. The van der Waals surface area contributed by atoms with E-state index in [1.54, 1.807) is 18.2 Å². The third-order valence-electron chi connectivity index (χ3n) is 4.48. The summed E-state index contributed by atoms with van der Waals surface area (Å²) in [7, 11) is 0. The van der Waals surface area contributed by atoms with Crippen molar-refractivity contribution in [1.29, 1.82) is 0 Å². The molecule has 0 aromatic heterocycles. The SMILES string of the molecule is CCOc1ccc(C(=O)O[C@H](C)C(=O)Nc2cccc3ccccc23)cc1OCC. The van der Waals surface area contributed by atoms with E-state index >= 15 is 0 Å². The summed E-state index contributed by atoms with van der Waals surface area (Å²) in [5.41, 5.74) is 0.951. The molecular weight excluding hydrogens is 382 g/mol. The van der Waals surface area contributed by atoms with Crippen LogP contribution in [0.3, 0.4) is 0 Å². The van der Waals surface area contributed by atoms with E-state index in [1.165, 1.54) is 6.92 Å². The number of anilines is 1. The first-order valence-corrected chi connectivity index (χ1v) is 9.92. The van der Waals surface area contributed by atoms with Gasteiger partial charge in [-0.25, -0.2) is 4.79 Å². The smallest absolute Gasteiger partial charge is 0.339 e. The van der Waals surface area contributed by atoms with Crippen LogP contribution < -0.4 is 14.8 Å². The van der Waals surface area contributed by atoms with Gasteiger partial charge in [-0.3, -0.25) is 4.79 Å². The first-order valence-electron chi connectivity index (χ1n) is 9.92. The number of fused-ring (bicyclic) bond motifs is 1. The Kier molecular flexibility index (Phi) is 6.91. The Hall–Kier alpha value is -3.54. The fourth-order valence-electron chi connectivity index (χ4n) is 3.03. The van der Waals surface area contributed by atoms with Crippen molar-refractivity contribution in [3.8, 4) is 11.5 Å². The number of ether oxygens (including phenoxy) is 3. The van der Waals surface area contributed by atoms with Crippen LogP contribution >= 0.6 is 0 Å². The van der Waals surface area contributed by atoms with E-state index in [2.05, 4.69) is 5.32 Å². The van der Waals surface area contributed by atoms with E-state index in [0.29, 0.717) is 30.4 Å². The lowest BCUT2D eigenvalue weighted by Crippen LogP contribution is -2.30. The zero-order valence-electron chi connectivity index (χ0n) is 17.3. The molecule has 0 heterocycles. The van der Waals surface area contributed by atoms with E-state index in [1.807, 2.05) is 56.3 Å². The molecule has 3 aromatic rings. The Balaban J connectivity index is 1.70. The number of esters is 1. The molecule has 6 nitrogen and oxygen atoms in total. The maximum absolute atomic E-state index is 12.6. The number of amides is 1. The van der Waals surface area contributed by atoms with Gasteiger partial charge in [0.15, 0.2) is 17.6 Å². The Morgan fingerprint density at radius 1 is 0.900 bits per heavy atom. The van der Waals surface area contributed by atoms with Crippen LogP contribution in [0.2, 0.25) is 0 Å². The molecule has 1 N–H and O–H groups in total. The van der Waals surface area contributed by atoms with Crippen molar-refractivity contribution in [2.75, 3.05) is 18.5 Å². The van der Waals surface area contributed by atoms with Crippen molar-refractivity contribution in [3.63, 3.8) is 0 Å². The molecule has 3 aromatic carbocycles. The molecule has 0 aliphatic heterocycles. The van der Waals surface area contributed by atoms with Crippen LogP contribution in [0.4, 0.5) is 5.69 Å². The number of nitrogens with one attached hydrogen (secondary N) is 1. The normalized spacial score (nSPS) is 11.6. The first-order chi connectivity index (χ1) is 14.5. The monoisotopic (exact) mass is 407 g/mol. The maximum Gasteiger partial charge on any atom is 0.339 e. The summed E-state index contributed by atoms with van der Waals surface area (Å²) in [6, 6.07) is 18.2. The second kappa shape index (κ2) is 9.78. The highest BCUT2D eigenvalue weighted by Gasteiger charge is 2.21. The fourth-order valence-corrected chi connectivity index (χ4v) is 3.03. The standard InChI is InChI=1S/C24H25NO5/c1-4-28-21-14-13-18(15-22(21)29-5-2)24(27)30-16(3)23(26)25-20-12-8-10-17-9-6-7-11-19(17)20/h6-16H,4-5H2,1-3H3,(H,25,26)/t16-/m1/s1. The third kappa shape index (κ3) is 4.89. The maximum atomic E-state index is 12.6. The molecule has 0 saturated heterocycles. The molecule has 3 rings (SSSR count). The second-order valence-electron chi connectivity index (χ2n) is 6.59. The predicted molar refractivity (Wildman–Crippen MR) is 116 cm³/mol. The van der Waals surface area contributed by atoms with Crippen LogP contribution in [0.15, 0.2) is 60.7 Å². The minimum Gasteiger partial charge on any atom is -0.490 e. The van der Waals surface area contributed by atoms with Crippen molar-refractivity contribution in [3.05, 3.63) is 66.2 Å². The molecule has 156 valence electrons. The van der Waals surface area contributed by atoms with Gasteiger partial charge in [0, 0.05) is 11.1 Å². The number of hydrogen-bond acceptors (Lipinski definition) is 5. The van der Waals surface area contributed by atoms with Crippen LogP contribution in [-0.2, 0) is 9.53 Å². The van der Waals surface area contributed by atoms with Crippen LogP contribution in [0.1, 0.15) is 31.1 Å². The summed E-state index contributed by atoms with van der Waals surface area (Å²) in [6.45, 7) is 6.17. The van der Waals surface area contributed by atoms with Gasteiger partial charge in [0.05, 0.1) is 18.8 Å². The lowest BCUT2D eigenvalue weighted by molar-refractivity contribution is -0.123. The van der Waals surface area contributed by atoms with Crippen LogP contribution in [0.25, 0.3) is 10.8 Å². The largest absolute Gasteiger partial charge is 0.490 e. The van der Waals surface area contributed by atoms with Gasteiger partial charge < -0.3 is 19.5 Å². The fraction of sp³-hybridized carbons (Fsp3) is 0.250. The van der Waals surface area contributed by atoms with Crippen molar-refractivity contribution in [2.24, 2.45) is 0 Å². The average Bonchev–Trinajstić information content (AvgIpc) is 2.75. The highest BCUT2D eigenvalue weighted by molar-refractivity contribution is 6.04. The third-order valence-corrected chi connectivity index (χ3v) is 4.48. The lowest BCUT2D eigenvalue weighted by atomic mass is 10.1. The summed E-state index contributed by atoms with van der Waals surface area (Å²) >= 11 is 0. The molecular formula is C24H25NO5. The summed E-state index contributed by atoms with van der Waals surface area (Å²) in [6.07, 6.45) is -0.974. The van der Waals surface area contributed by atoms with Gasteiger partial charge in [0.1, 0.15) is 0 Å². The van der Waals surface area contributed by atoms with E-state index in [9.17, 15) is 9.59 Å². The summed E-state index contributed by atoms with van der Waals surface area (Å²) in [4.78, 5) is 25.2. The van der Waals surface area contributed by atoms with Gasteiger partial charge >= 0.3 is 5.97 Å². The molecule has 0 bridgehead atoms. The number of carbonyl (C=O) groups excluding carboxylic acids is 2. The molecule has 0 spiro atoms. The second-order valence-corrected chi connectivity index (χ2v) is 6.59. The molecule has 1 atom stereocenters. The Bertz CT molecular complexity index is 1040. The number of carbonyl (C=O) groups is 2. The number of hydrogen-bond donors (Lipinski definition) is 1. The summed E-state index contributed by atoms with van der Waals surface area (Å²) in [5, 5.41) is 4.77. The average molecular weight is 407 g/mol. The molecule has 1 amide bonds. The zero-order chi connectivity index (χ0) is 21.5. The van der Waals surface area contributed by atoms with Crippen LogP contribution in [0.5, 0.6) is 11.5 Å². The van der Waals surface area contributed by atoms with E-state index in [4.69, 9.17) is 14.2 Å². The van der Waals surface area contributed by atoms with E-state index in [-0.39, 0.29) is 5.56 Å². The minimum absolute atomic E-state index is 0.284. The molecule has 0 aliphatic rings. The quantitative estimate of drug-likeness (QED) is 0.542. The Morgan fingerprint density at radius 3 is 2.37 bits per heavy atom. The molecule has 0 aliphatic carbocycles.